The number of sulfonamides is 1. The van der Waals surface area contributed by atoms with Crippen LogP contribution in [-0.2, 0) is 10.0 Å². The molecule has 19 heavy (non-hydrogen) atoms. The third kappa shape index (κ3) is 6.49. The van der Waals surface area contributed by atoms with E-state index in [1.54, 1.807) is 14.0 Å². The van der Waals surface area contributed by atoms with Gasteiger partial charge in [-0.1, -0.05) is 0 Å². The quantitative estimate of drug-likeness (QED) is 0.538. The summed E-state index contributed by atoms with van der Waals surface area (Å²) in [6.07, 6.45) is 2.91. The number of allylic oxidation sites excluding steroid dienone is 1. The number of hydrogen-bond donors (Lipinski definition) is 1. The van der Waals surface area contributed by atoms with Crippen LogP contribution in [0, 0.1) is 5.41 Å². The van der Waals surface area contributed by atoms with Gasteiger partial charge in [0.25, 0.3) is 0 Å². The Hall–Kier alpha value is -1.21. The summed E-state index contributed by atoms with van der Waals surface area (Å²) in [5, 5.41) is 6.91. The number of nitrogens with zero attached hydrogens (tertiary/aromatic N) is 3. The Morgan fingerprint density at radius 1 is 1.26 bits per heavy atom. The van der Waals surface area contributed by atoms with E-state index in [-0.39, 0.29) is 5.75 Å². The van der Waals surface area contributed by atoms with E-state index < -0.39 is 10.0 Å². The lowest BCUT2D eigenvalue weighted by Crippen LogP contribution is -2.34. The van der Waals surface area contributed by atoms with Crippen molar-refractivity contribution in [2.75, 3.05) is 32.9 Å². The molecular formula is C12H24N4O2S. The summed E-state index contributed by atoms with van der Waals surface area (Å²) in [5.41, 5.74) is 1.73. The highest BCUT2D eigenvalue weighted by Crippen LogP contribution is 2.01. The van der Waals surface area contributed by atoms with Gasteiger partial charge in [0.15, 0.2) is 0 Å². The Balaban J connectivity index is 4.49. The van der Waals surface area contributed by atoms with Crippen LogP contribution in [0.3, 0.4) is 0 Å². The Morgan fingerprint density at radius 2 is 1.84 bits per heavy atom. The average molecular weight is 288 g/mol. The Labute approximate surface area is 116 Å². The molecule has 7 heteroatoms. The number of rotatable bonds is 8. The molecule has 0 amide bonds. The molecule has 0 unspecified atom stereocenters. The highest BCUT2D eigenvalue weighted by molar-refractivity contribution is 7.89. The predicted molar refractivity (Wildman–Crippen MR) is 80.4 cm³/mol. The fourth-order valence-corrected chi connectivity index (χ4v) is 2.15. The maximum atomic E-state index is 11.6. The van der Waals surface area contributed by atoms with Gasteiger partial charge >= 0.3 is 0 Å². The van der Waals surface area contributed by atoms with Crippen molar-refractivity contribution in [2.24, 2.45) is 4.99 Å². The molecule has 0 saturated carbocycles. The van der Waals surface area contributed by atoms with Crippen molar-refractivity contribution in [3.63, 3.8) is 0 Å². The molecule has 0 aliphatic heterocycles. The maximum absolute atomic E-state index is 11.6. The standard InChI is InChI=1S/C12H24N4O2S/c1-6-19(17,18)16(5)8-7-15(4)9-11(2)12(3)14-10-13/h9-10,13H,6-8H2,1-5H3/b11-9+,13-10?,14-12?. The first-order valence-corrected chi connectivity index (χ1v) is 7.72. The molecule has 0 aromatic rings. The molecule has 0 aliphatic rings. The molecule has 0 atom stereocenters. The van der Waals surface area contributed by atoms with Gasteiger partial charge in [-0.05, 0) is 26.3 Å². The summed E-state index contributed by atoms with van der Waals surface area (Å²) in [4.78, 5) is 5.80. The van der Waals surface area contributed by atoms with Crippen molar-refractivity contribution in [3.8, 4) is 0 Å². The SMILES string of the molecule is CCS(=O)(=O)N(C)CCN(C)/C=C(\C)C(C)=NC=N. The van der Waals surface area contributed by atoms with Gasteiger partial charge in [-0.25, -0.2) is 17.7 Å². The van der Waals surface area contributed by atoms with E-state index in [1.165, 1.54) is 4.31 Å². The second-order valence-electron chi connectivity index (χ2n) is 4.36. The Morgan fingerprint density at radius 3 is 2.32 bits per heavy atom. The fraction of sp³-hybridized carbons (Fsp3) is 0.667. The van der Waals surface area contributed by atoms with Crippen LogP contribution in [-0.4, -0.2) is 62.6 Å². The van der Waals surface area contributed by atoms with Crippen molar-refractivity contribution < 1.29 is 8.42 Å². The zero-order chi connectivity index (χ0) is 15.1. The number of aliphatic imine (C=N–C) groups is 1. The number of likely N-dealkylation sites (N-methyl/N-ethyl adjacent to an activating group) is 2. The second-order valence-corrected chi connectivity index (χ2v) is 6.72. The summed E-state index contributed by atoms with van der Waals surface area (Å²) in [6.45, 7) is 6.42. The van der Waals surface area contributed by atoms with E-state index in [0.29, 0.717) is 13.1 Å². The van der Waals surface area contributed by atoms with Crippen molar-refractivity contribution in [1.29, 1.82) is 5.41 Å². The lowest BCUT2D eigenvalue weighted by atomic mass is 10.2. The number of hydrogen-bond acceptors (Lipinski definition) is 4. The van der Waals surface area contributed by atoms with Crippen LogP contribution in [0.2, 0.25) is 0 Å². The van der Waals surface area contributed by atoms with Gasteiger partial charge in [-0.2, -0.15) is 0 Å². The van der Waals surface area contributed by atoms with Gasteiger partial charge in [0.05, 0.1) is 5.75 Å². The summed E-state index contributed by atoms with van der Waals surface area (Å²) in [6, 6.07) is 0. The normalized spacial score (nSPS) is 13.8. The molecule has 0 fully saturated rings. The molecule has 0 aromatic heterocycles. The summed E-state index contributed by atoms with van der Waals surface area (Å²) in [5.74, 6) is 0.118. The summed E-state index contributed by atoms with van der Waals surface area (Å²) >= 11 is 0. The van der Waals surface area contributed by atoms with Crippen LogP contribution >= 0.6 is 0 Å². The van der Waals surface area contributed by atoms with Gasteiger partial charge in [0.2, 0.25) is 10.0 Å². The molecule has 0 saturated heterocycles. The second kappa shape index (κ2) is 8.06. The van der Waals surface area contributed by atoms with Crippen molar-refractivity contribution >= 4 is 22.1 Å². The third-order valence-electron chi connectivity index (χ3n) is 2.85. The monoisotopic (exact) mass is 288 g/mol. The lowest BCUT2D eigenvalue weighted by molar-refractivity contribution is 0.385. The molecule has 0 rings (SSSR count). The molecule has 0 aromatic carbocycles. The molecule has 6 nitrogen and oxygen atoms in total. The van der Waals surface area contributed by atoms with Crippen molar-refractivity contribution in [2.45, 2.75) is 20.8 Å². The van der Waals surface area contributed by atoms with Crippen LogP contribution in [0.4, 0.5) is 0 Å². The molecule has 1 N–H and O–H groups in total. The molecule has 0 bridgehead atoms. The largest absolute Gasteiger partial charge is 0.379 e. The van der Waals surface area contributed by atoms with E-state index in [4.69, 9.17) is 5.41 Å². The average Bonchev–Trinajstić information content (AvgIpc) is 2.35. The molecule has 0 heterocycles. The van der Waals surface area contributed by atoms with Gasteiger partial charge in [0.1, 0.15) is 6.34 Å². The lowest BCUT2D eigenvalue weighted by Gasteiger charge is -2.21. The minimum absolute atomic E-state index is 0.118. The van der Waals surface area contributed by atoms with Gasteiger partial charge < -0.3 is 4.90 Å². The highest BCUT2D eigenvalue weighted by atomic mass is 32.2. The zero-order valence-corrected chi connectivity index (χ0v) is 13.2. The van der Waals surface area contributed by atoms with Crippen LogP contribution in [0.1, 0.15) is 20.8 Å². The van der Waals surface area contributed by atoms with E-state index in [1.807, 2.05) is 32.0 Å². The molecule has 0 spiro atoms. The van der Waals surface area contributed by atoms with Gasteiger partial charge in [-0.3, -0.25) is 5.41 Å². The number of nitrogens with one attached hydrogen (secondary N) is 1. The minimum Gasteiger partial charge on any atom is -0.379 e. The van der Waals surface area contributed by atoms with Crippen LogP contribution in [0.25, 0.3) is 0 Å². The summed E-state index contributed by atoms with van der Waals surface area (Å²) in [7, 11) is 0.356. The first-order valence-electron chi connectivity index (χ1n) is 6.11. The Bertz CT molecular complexity index is 454. The van der Waals surface area contributed by atoms with E-state index in [2.05, 4.69) is 4.99 Å². The predicted octanol–water partition coefficient (Wildman–Crippen LogP) is 1.17. The van der Waals surface area contributed by atoms with Crippen LogP contribution < -0.4 is 0 Å². The Kier molecular flexibility index (Phi) is 7.55. The van der Waals surface area contributed by atoms with E-state index in [0.717, 1.165) is 17.6 Å². The van der Waals surface area contributed by atoms with Gasteiger partial charge in [0, 0.05) is 39.1 Å². The molecule has 110 valence electrons. The zero-order valence-electron chi connectivity index (χ0n) is 12.3. The molecule has 0 radical (unpaired) electrons. The van der Waals surface area contributed by atoms with Crippen molar-refractivity contribution in [3.05, 3.63) is 11.8 Å². The first-order chi connectivity index (χ1) is 8.74. The fourth-order valence-electron chi connectivity index (χ4n) is 1.35. The maximum Gasteiger partial charge on any atom is 0.213 e. The van der Waals surface area contributed by atoms with E-state index >= 15 is 0 Å². The third-order valence-corrected chi connectivity index (χ3v) is 4.71. The molecule has 0 aliphatic carbocycles. The van der Waals surface area contributed by atoms with Crippen LogP contribution in [0.15, 0.2) is 16.8 Å². The minimum atomic E-state index is -3.11. The van der Waals surface area contributed by atoms with E-state index in [9.17, 15) is 8.42 Å². The van der Waals surface area contributed by atoms with Crippen molar-refractivity contribution in [1.82, 2.24) is 9.21 Å². The summed E-state index contributed by atoms with van der Waals surface area (Å²) < 4.78 is 24.5. The van der Waals surface area contributed by atoms with Gasteiger partial charge in [-0.15, -0.1) is 0 Å². The smallest absolute Gasteiger partial charge is 0.213 e. The highest BCUT2D eigenvalue weighted by Gasteiger charge is 2.14. The van der Waals surface area contributed by atoms with Crippen LogP contribution in [0.5, 0.6) is 0 Å². The first kappa shape index (κ1) is 17.8. The topological polar surface area (TPSA) is 76.8 Å². The molecular weight excluding hydrogens is 264 g/mol.